The number of halogens is 1. The van der Waals surface area contributed by atoms with Crippen molar-refractivity contribution in [3.05, 3.63) is 10.8 Å². The van der Waals surface area contributed by atoms with Crippen LogP contribution in [0.3, 0.4) is 0 Å². The van der Waals surface area contributed by atoms with Gasteiger partial charge >= 0.3 is 0 Å². The van der Waals surface area contributed by atoms with Crippen LogP contribution in [-0.4, -0.2) is 22.5 Å². The first kappa shape index (κ1) is 10.5. The molecule has 1 aromatic heterocycles. The predicted octanol–water partition coefficient (Wildman–Crippen LogP) is 1.85. The Hall–Kier alpha value is -1.03. The molecule has 1 aromatic rings. The summed E-state index contributed by atoms with van der Waals surface area (Å²) in [5.74, 6) is 0.801. The maximum absolute atomic E-state index is 11.9. The molecule has 0 bridgehead atoms. The zero-order valence-electron chi connectivity index (χ0n) is 9.12. The van der Waals surface area contributed by atoms with E-state index < -0.39 is 0 Å². The van der Waals surface area contributed by atoms with Gasteiger partial charge in [-0.3, -0.25) is 9.69 Å². The zero-order valence-corrected chi connectivity index (χ0v) is 9.88. The standard InChI is InChI=1S/C10H14ClN3O/c1-6-4-5-14-8(11)7(2)12-10(14)13(3)9(6)15/h6H,4-5H2,1-3H3. The molecule has 0 saturated heterocycles. The smallest absolute Gasteiger partial charge is 0.231 e. The number of rotatable bonds is 0. The number of aromatic nitrogens is 2. The van der Waals surface area contributed by atoms with Crippen LogP contribution in [0.25, 0.3) is 0 Å². The quantitative estimate of drug-likeness (QED) is 0.679. The number of imidazole rings is 1. The van der Waals surface area contributed by atoms with Gasteiger partial charge in [0.05, 0.1) is 5.69 Å². The van der Waals surface area contributed by atoms with E-state index in [0.29, 0.717) is 11.1 Å². The Labute approximate surface area is 93.8 Å². The maximum Gasteiger partial charge on any atom is 0.231 e. The molecule has 0 saturated carbocycles. The Morgan fingerprint density at radius 2 is 2.20 bits per heavy atom. The van der Waals surface area contributed by atoms with E-state index in [1.54, 1.807) is 11.9 Å². The minimum Gasteiger partial charge on any atom is -0.301 e. The van der Waals surface area contributed by atoms with Crippen molar-refractivity contribution in [1.29, 1.82) is 0 Å². The molecule has 0 aliphatic carbocycles. The Morgan fingerprint density at radius 1 is 1.53 bits per heavy atom. The molecule has 1 atom stereocenters. The van der Waals surface area contributed by atoms with E-state index in [1.807, 2.05) is 18.4 Å². The average molecular weight is 228 g/mol. The first-order chi connectivity index (χ1) is 7.02. The topological polar surface area (TPSA) is 38.1 Å². The molecule has 15 heavy (non-hydrogen) atoms. The first-order valence-electron chi connectivity index (χ1n) is 5.02. The molecule has 0 aromatic carbocycles. The van der Waals surface area contributed by atoms with E-state index >= 15 is 0 Å². The van der Waals surface area contributed by atoms with Gasteiger partial charge in [0.15, 0.2) is 0 Å². The number of fused-ring (bicyclic) bond motifs is 1. The molecule has 0 fully saturated rings. The minimum atomic E-state index is 0.0353. The lowest BCUT2D eigenvalue weighted by atomic mass is 10.1. The molecule has 2 heterocycles. The molecule has 1 amide bonds. The summed E-state index contributed by atoms with van der Waals surface area (Å²) in [6, 6.07) is 0. The summed E-state index contributed by atoms with van der Waals surface area (Å²) in [6.07, 6.45) is 0.811. The summed E-state index contributed by atoms with van der Waals surface area (Å²) >= 11 is 6.12. The van der Waals surface area contributed by atoms with Gasteiger partial charge in [0.1, 0.15) is 5.15 Å². The van der Waals surface area contributed by atoms with Gasteiger partial charge in [-0.05, 0) is 13.3 Å². The van der Waals surface area contributed by atoms with Gasteiger partial charge in [-0.15, -0.1) is 0 Å². The van der Waals surface area contributed by atoms with Crippen LogP contribution in [0.2, 0.25) is 5.15 Å². The molecule has 0 N–H and O–H groups in total. The Bertz CT molecular complexity index is 413. The van der Waals surface area contributed by atoms with Crippen LogP contribution >= 0.6 is 11.6 Å². The summed E-state index contributed by atoms with van der Waals surface area (Å²) in [5, 5.41) is 0.638. The van der Waals surface area contributed by atoms with Gasteiger partial charge < -0.3 is 4.57 Å². The number of carbonyl (C=O) groups excluding carboxylic acids is 1. The fraction of sp³-hybridized carbons (Fsp3) is 0.600. The Morgan fingerprint density at radius 3 is 2.87 bits per heavy atom. The lowest BCUT2D eigenvalue weighted by Crippen LogP contribution is -2.31. The summed E-state index contributed by atoms with van der Waals surface area (Å²) < 4.78 is 1.90. The van der Waals surface area contributed by atoms with Crippen LogP contribution in [-0.2, 0) is 11.3 Å². The van der Waals surface area contributed by atoms with Crippen molar-refractivity contribution in [3.8, 4) is 0 Å². The molecular weight excluding hydrogens is 214 g/mol. The second-order valence-corrected chi connectivity index (χ2v) is 4.38. The molecule has 2 rings (SSSR count). The van der Waals surface area contributed by atoms with Crippen LogP contribution in [0.4, 0.5) is 5.95 Å². The van der Waals surface area contributed by atoms with Gasteiger partial charge in [-0.1, -0.05) is 18.5 Å². The fourth-order valence-corrected chi connectivity index (χ4v) is 2.07. The molecule has 1 aliphatic heterocycles. The summed E-state index contributed by atoms with van der Waals surface area (Å²) in [4.78, 5) is 17.8. The highest BCUT2D eigenvalue weighted by Gasteiger charge is 2.28. The number of hydrogen-bond acceptors (Lipinski definition) is 2. The molecule has 0 spiro atoms. The predicted molar refractivity (Wildman–Crippen MR) is 59.2 cm³/mol. The molecule has 4 nitrogen and oxygen atoms in total. The third-order valence-corrected chi connectivity index (χ3v) is 3.36. The van der Waals surface area contributed by atoms with Crippen molar-refractivity contribution in [3.63, 3.8) is 0 Å². The van der Waals surface area contributed by atoms with Crippen LogP contribution in [0.15, 0.2) is 0 Å². The summed E-state index contributed by atoms with van der Waals surface area (Å²) in [6.45, 7) is 4.55. The third kappa shape index (κ3) is 1.53. The molecule has 82 valence electrons. The van der Waals surface area contributed by atoms with Gasteiger partial charge in [-0.2, -0.15) is 0 Å². The number of hydrogen-bond donors (Lipinski definition) is 0. The average Bonchev–Trinajstić information content (AvgIpc) is 2.45. The first-order valence-corrected chi connectivity index (χ1v) is 5.40. The number of carbonyl (C=O) groups is 1. The number of amides is 1. The van der Waals surface area contributed by atoms with E-state index in [4.69, 9.17) is 11.6 Å². The van der Waals surface area contributed by atoms with Crippen molar-refractivity contribution >= 4 is 23.5 Å². The number of nitrogens with zero attached hydrogens (tertiary/aromatic N) is 3. The number of aryl methyl sites for hydroxylation is 1. The van der Waals surface area contributed by atoms with E-state index in [1.165, 1.54) is 0 Å². The summed E-state index contributed by atoms with van der Waals surface area (Å²) in [7, 11) is 1.75. The van der Waals surface area contributed by atoms with Crippen molar-refractivity contribution in [2.75, 3.05) is 11.9 Å². The van der Waals surface area contributed by atoms with Crippen molar-refractivity contribution < 1.29 is 4.79 Å². The second-order valence-electron chi connectivity index (χ2n) is 4.03. The van der Waals surface area contributed by atoms with Gasteiger partial charge in [0, 0.05) is 19.5 Å². The summed E-state index contributed by atoms with van der Waals surface area (Å²) in [5.41, 5.74) is 0.779. The Balaban J connectivity index is 2.51. The molecule has 1 aliphatic rings. The normalized spacial score (nSPS) is 21.5. The van der Waals surface area contributed by atoms with Crippen molar-refractivity contribution in [1.82, 2.24) is 9.55 Å². The van der Waals surface area contributed by atoms with Gasteiger partial charge in [0.2, 0.25) is 11.9 Å². The maximum atomic E-state index is 11.9. The van der Waals surface area contributed by atoms with Crippen LogP contribution in [0, 0.1) is 12.8 Å². The minimum absolute atomic E-state index is 0.0353. The highest BCUT2D eigenvalue weighted by molar-refractivity contribution is 6.30. The molecule has 5 heteroatoms. The monoisotopic (exact) mass is 227 g/mol. The number of anilines is 1. The van der Waals surface area contributed by atoms with Crippen LogP contribution < -0.4 is 4.90 Å². The van der Waals surface area contributed by atoms with Crippen molar-refractivity contribution in [2.24, 2.45) is 5.92 Å². The van der Waals surface area contributed by atoms with E-state index in [9.17, 15) is 4.79 Å². The second kappa shape index (κ2) is 3.52. The third-order valence-electron chi connectivity index (χ3n) is 2.88. The van der Waals surface area contributed by atoms with E-state index in [0.717, 1.165) is 18.7 Å². The fourth-order valence-electron chi connectivity index (χ4n) is 1.87. The lowest BCUT2D eigenvalue weighted by Gasteiger charge is -2.15. The largest absolute Gasteiger partial charge is 0.301 e. The van der Waals surface area contributed by atoms with Gasteiger partial charge in [-0.25, -0.2) is 4.98 Å². The SMILES string of the molecule is Cc1nc2n(c1Cl)CCC(C)C(=O)N2C. The van der Waals surface area contributed by atoms with E-state index in [-0.39, 0.29) is 11.8 Å². The Kier molecular flexibility index (Phi) is 2.46. The molecule has 0 radical (unpaired) electrons. The van der Waals surface area contributed by atoms with Crippen LogP contribution in [0.5, 0.6) is 0 Å². The highest BCUT2D eigenvalue weighted by Crippen LogP contribution is 2.28. The van der Waals surface area contributed by atoms with Crippen LogP contribution in [0.1, 0.15) is 19.0 Å². The highest BCUT2D eigenvalue weighted by atomic mass is 35.5. The molecular formula is C10H14ClN3O. The zero-order chi connectivity index (χ0) is 11.2. The molecule has 1 unspecified atom stereocenters. The van der Waals surface area contributed by atoms with Crippen molar-refractivity contribution in [2.45, 2.75) is 26.8 Å². The van der Waals surface area contributed by atoms with E-state index in [2.05, 4.69) is 4.98 Å². The van der Waals surface area contributed by atoms with Gasteiger partial charge in [0.25, 0.3) is 0 Å². The lowest BCUT2D eigenvalue weighted by molar-refractivity contribution is -0.121.